The minimum absolute atomic E-state index is 0.0187. The molecule has 30 heavy (non-hydrogen) atoms. The Morgan fingerprint density at radius 1 is 1.10 bits per heavy atom. The molecular weight excluding hydrogens is 416 g/mol. The normalized spacial score (nSPS) is 16.6. The van der Waals surface area contributed by atoms with Crippen molar-refractivity contribution in [3.8, 4) is 0 Å². The molecule has 2 heterocycles. The van der Waals surface area contributed by atoms with E-state index in [1.165, 1.54) is 4.88 Å². The number of thiophene rings is 1. The molecule has 156 valence electrons. The molecule has 1 saturated heterocycles. The van der Waals surface area contributed by atoms with Crippen LogP contribution in [0.5, 0.6) is 0 Å². The Hall–Kier alpha value is -2.64. The summed E-state index contributed by atoms with van der Waals surface area (Å²) in [5.74, 6) is -0.0187. The lowest BCUT2D eigenvalue weighted by Crippen LogP contribution is -2.30. The fraction of sp³-hybridized carbons (Fsp3) is 0.261. The largest absolute Gasteiger partial charge is 0.331 e. The van der Waals surface area contributed by atoms with Crippen LogP contribution in [-0.2, 0) is 10.0 Å². The predicted octanol–water partition coefficient (Wildman–Crippen LogP) is 5.14. The lowest BCUT2D eigenvalue weighted by Gasteiger charge is -2.24. The van der Waals surface area contributed by atoms with Gasteiger partial charge >= 0.3 is 0 Å². The first-order valence-corrected chi connectivity index (χ1v) is 12.3. The molecule has 1 unspecified atom stereocenters. The van der Waals surface area contributed by atoms with Gasteiger partial charge in [0.25, 0.3) is 15.9 Å². The molecule has 0 aliphatic carbocycles. The van der Waals surface area contributed by atoms with Gasteiger partial charge in [0.05, 0.1) is 10.9 Å². The predicted molar refractivity (Wildman–Crippen MR) is 120 cm³/mol. The van der Waals surface area contributed by atoms with Crippen molar-refractivity contribution in [1.29, 1.82) is 0 Å². The van der Waals surface area contributed by atoms with Crippen molar-refractivity contribution in [2.24, 2.45) is 0 Å². The van der Waals surface area contributed by atoms with Crippen molar-refractivity contribution in [1.82, 2.24) is 4.90 Å². The monoisotopic (exact) mass is 440 g/mol. The molecule has 0 bridgehead atoms. The van der Waals surface area contributed by atoms with Crippen LogP contribution in [0.15, 0.2) is 64.9 Å². The number of carbonyl (C=O) groups is 1. The lowest BCUT2D eigenvalue weighted by molar-refractivity contribution is 0.0738. The van der Waals surface area contributed by atoms with Crippen molar-refractivity contribution in [2.45, 2.75) is 37.6 Å². The van der Waals surface area contributed by atoms with Crippen LogP contribution < -0.4 is 4.72 Å². The Labute approximate surface area is 181 Å². The number of rotatable bonds is 5. The van der Waals surface area contributed by atoms with E-state index < -0.39 is 10.0 Å². The number of sulfonamides is 1. The number of anilines is 1. The van der Waals surface area contributed by atoms with Gasteiger partial charge in [0.1, 0.15) is 0 Å². The van der Waals surface area contributed by atoms with Crippen molar-refractivity contribution in [2.75, 3.05) is 11.3 Å². The van der Waals surface area contributed by atoms with Crippen LogP contribution in [0.2, 0.25) is 0 Å². The Balaban J connectivity index is 1.51. The molecule has 1 fully saturated rings. The maximum Gasteiger partial charge on any atom is 0.262 e. The molecule has 2 aromatic carbocycles. The highest BCUT2D eigenvalue weighted by molar-refractivity contribution is 7.92. The molecule has 1 aliphatic rings. The SMILES string of the molecule is Cc1ccc(C)c(S(=O)(=O)Nc2ccc(C(=O)N3CCCC3c3cccs3)cc2)c1. The molecule has 4 rings (SSSR count). The average Bonchev–Trinajstić information content (AvgIpc) is 3.41. The Morgan fingerprint density at radius 2 is 1.87 bits per heavy atom. The molecular formula is C23H24N2O3S2. The molecule has 1 aliphatic heterocycles. The van der Waals surface area contributed by atoms with Gasteiger partial charge in [0, 0.05) is 22.7 Å². The van der Waals surface area contributed by atoms with Gasteiger partial charge in [-0.05, 0) is 79.6 Å². The number of hydrogen-bond donors (Lipinski definition) is 1. The van der Waals surface area contributed by atoms with E-state index in [9.17, 15) is 13.2 Å². The van der Waals surface area contributed by atoms with Crippen LogP contribution in [0.25, 0.3) is 0 Å². The van der Waals surface area contributed by atoms with Crippen molar-refractivity contribution < 1.29 is 13.2 Å². The number of nitrogens with zero attached hydrogens (tertiary/aromatic N) is 1. The minimum Gasteiger partial charge on any atom is -0.331 e. The van der Waals surface area contributed by atoms with Gasteiger partial charge in [-0.15, -0.1) is 11.3 Å². The maximum atomic E-state index is 13.0. The molecule has 7 heteroatoms. The smallest absolute Gasteiger partial charge is 0.262 e. The first kappa shape index (κ1) is 20.6. The van der Waals surface area contributed by atoms with Crippen LogP contribution >= 0.6 is 11.3 Å². The van der Waals surface area contributed by atoms with E-state index in [2.05, 4.69) is 10.8 Å². The Kier molecular flexibility index (Phi) is 5.66. The van der Waals surface area contributed by atoms with Crippen molar-refractivity contribution >= 4 is 33.0 Å². The Morgan fingerprint density at radius 3 is 2.57 bits per heavy atom. The van der Waals surface area contributed by atoms with Crippen LogP contribution in [-0.4, -0.2) is 25.8 Å². The summed E-state index contributed by atoms with van der Waals surface area (Å²) in [6.07, 6.45) is 1.96. The van der Waals surface area contributed by atoms with Gasteiger partial charge in [-0.3, -0.25) is 9.52 Å². The molecule has 0 radical (unpaired) electrons. The summed E-state index contributed by atoms with van der Waals surface area (Å²) in [7, 11) is -3.70. The molecule has 5 nitrogen and oxygen atoms in total. The summed E-state index contributed by atoms with van der Waals surface area (Å²) in [6, 6.07) is 16.2. The zero-order chi connectivity index (χ0) is 21.3. The van der Waals surface area contributed by atoms with Gasteiger partial charge in [0.15, 0.2) is 0 Å². The van der Waals surface area contributed by atoms with E-state index in [1.54, 1.807) is 54.7 Å². The highest BCUT2D eigenvalue weighted by Crippen LogP contribution is 2.35. The topological polar surface area (TPSA) is 66.5 Å². The third-order valence-corrected chi connectivity index (χ3v) is 7.90. The van der Waals surface area contributed by atoms with Gasteiger partial charge in [-0.1, -0.05) is 18.2 Å². The molecule has 0 spiro atoms. The number of nitrogens with one attached hydrogen (secondary N) is 1. The fourth-order valence-corrected chi connectivity index (χ4v) is 6.10. The van der Waals surface area contributed by atoms with E-state index in [1.807, 2.05) is 29.3 Å². The summed E-state index contributed by atoms with van der Waals surface area (Å²) in [4.78, 5) is 16.4. The number of hydrogen-bond acceptors (Lipinski definition) is 4. The summed E-state index contributed by atoms with van der Waals surface area (Å²) in [5, 5.41) is 2.03. The second-order valence-corrected chi connectivity index (χ2v) is 10.3. The van der Waals surface area contributed by atoms with E-state index in [0.717, 1.165) is 24.9 Å². The number of likely N-dealkylation sites (tertiary alicyclic amines) is 1. The Bertz CT molecular complexity index is 1150. The van der Waals surface area contributed by atoms with Crippen LogP contribution in [0.3, 0.4) is 0 Å². The van der Waals surface area contributed by atoms with Gasteiger partial charge < -0.3 is 4.90 Å². The third kappa shape index (κ3) is 4.13. The molecule has 1 amide bonds. The highest BCUT2D eigenvalue weighted by Gasteiger charge is 2.31. The zero-order valence-electron chi connectivity index (χ0n) is 17.0. The van der Waals surface area contributed by atoms with Crippen LogP contribution in [0.1, 0.15) is 45.2 Å². The minimum atomic E-state index is -3.70. The molecule has 3 aromatic rings. The van der Waals surface area contributed by atoms with E-state index in [4.69, 9.17) is 0 Å². The molecule has 1 aromatic heterocycles. The van der Waals surface area contributed by atoms with Crippen LogP contribution in [0.4, 0.5) is 5.69 Å². The third-order valence-electron chi connectivity index (χ3n) is 5.40. The number of aryl methyl sites for hydroxylation is 2. The zero-order valence-corrected chi connectivity index (χ0v) is 18.6. The lowest BCUT2D eigenvalue weighted by atomic mass is 10.1. The summed E-state index contributed by atoms with van der Waals surface area (Å²) in [5.41, 5.74) is 2.57. The van der Waals surface area contributed by atoms with E-state index >= 15 is 0 Å². The van der Waals surface area contributed by atoms with Crippen LogP contribution in [0, 0.1) is 13.8 Å². The van der Waals surface area contributed by atoms with E-state index in [-0.39, 0.29) is 16.8 Å². The van der Waals surface area contributed by atoms with Gasteiger partial charge in [-0.25, -0.2) is 8.42 Å². The quantitative estimate of drug-likeness (QED) is 0.597. The molecule has 1 atom stereocenters. The van der Waals surface area contributed by atoms with E-state index in [0.29, 0.717) is 16.8 Å². The van der Waals surface area contributed by atoms with Gasteiger partial charge in [0.2, 0.25) is 0 Å². The molecule has 1 N–H and O–H groups in total. The second kappa shape index (κ2) is 8.24. The molecule has 0 saturated carbocycles. The first-order chi connectivity index (χ1) is 14.3. The number of benzene rings is 2. The highest BCUT2D eigenvalue weighted by atomic mass is 32.2. The maximum absolute atomic E-state index is 13.0. The van der Waals surface area contributed by atoms with Crippen molar-refractivity contribution in [3.63, 3.8) is 0 Å². The number of carbonyl (C=O) groups excluding carboxylic acids is 1. The van der Waals surface area contributed by atoms with Gasteiger partial charge in [-0.2, -0.15) is 0 Å². The average molecular weight is 441 g/mol. The standard InChI is InChI=1S/C23H24N2O3S2/c1-16-7-8-17(2)22(15-16)30(27,28)24-19-11-9-18(10-12-19)23(26)25-13-3-5-20(25)21-6-4-14-29-21/h4,6-12,14-15,20,24H,3,5,13H2,1-2H3. The summed E-state index contributed by atoms with van der Waals surface area (Å²) >= 11 is 1.67. The van der Waals surface area contributed by atoms with Crippen molar-refractivity contribution in [3.05, 3.63) is 81.5 Å². The first-order valence-electron chi connectivity index (χ1n) is 9.90. The number of amides is 1. The summed E-state index contributed by atoms with van der Waals surface area (Å²) < 4.78 is 28.2. The second-order valence-electron chi connectivity index (χ2n) is 7.62. The fourth-order valence-electron chi connectivity index (χ4n) is 3.84. The summed E-state index contributed by atoms with van der Waals surface area (Å²) in [6.45, 7) is 4.37.